The van der Waals surface area contributed by atoms with Crippen molar-refractivity contribution in [2.75, 3.05) is 0 Å². The Bertz CT molecular complexity index is 3070. The van der Waals surface area contributed by atoms with Crippen molar-refractivity contribution in [1.82, 2.24) is 0 Å². The van der Waals surface area contributed by atoms with Crippen molar-refractivity contribution >= 4 is 51.7 Å². The molecule has 0 saturated heterocycles. The van der Waals surface area contributed by atoms with E-state index in [4.69, 9.17) is 8.39 Å². The van der Waals surface area contributed by atoms with E-state index in [1.807, 2.05) is 24.3 Å². The van der Waals surface area contributed by atoms with Gasteiger partial charge in [-0.15, -0.1) is 0 Å². The van der Waals surface area contributed by atoms with Gasteiger partial charge >= 0.3 is 8.24 Å². The predicted octanol–water partition coefficient (Wildman–Crippen LogP) is 16.4. The largest absolute Gasteiger partial charge is 0.398 e. The number of benzene rings is 10. The molecule has 0 aliphatic heterocycles. The van der Waals surface area contributed by atoms with Gasteiger partial charge in [0.1, 0.15) is 0 Å². The van der Waals surface area contributed by atoms with Crippen molar-refractivity contribution in [3.05, 3.63) is 218 Å². The van der Waals surface area contributed by atoms with Gasteiger partial charge < -0.3 is 8.39 Å². The second-order valence-corrected chi connectivity index (χ2v) is 16.0. The lowest BCUT2D eigenvalue weighted by Gasteiger charge is -2.15. The first-order valence-electron chi connectivity index (χ1n) is 20.1. The number of hydrogen-bond donors (Lipinski definition) is 1. The lowest BCUT2D eigenvalue weighted by atomic mass is 9.88. The van der Waals surface area contributed by atoms with E-state index in [1.54, 1.807) is 0 Å². The second-order valence-electron chi connectivity index (χ2n) is 15.2. The van der Waals surface area contributed by atoms with Gasteiger partial charge in [-0.2, -0.15) is 0 Å². The molecular weight excluding hydrogens is 752 g/mol. The molecule has 0 amide bonds. The summed E-state index contributed by atoms with van der Waals surface area (Å²) in [7, 11) is -2.42. The van der Waals surface area contributed by atoms with Gasteiger partial charge in [-0.25, -0.2) is 0 Å². The number of rotatable bonds is 6. The fraction of sp³-hybridized carbons (Fsp3) is 0. The highest BCUT2D eigenvalue weighted by molar-refractivity contribution is 7.30. The lowest BCUT2D eigenvalue weighted by Crippen LogP contribution is -1.90. The normalized spacial score (nSPS) is 11.4. The minimum Gasteiger partial charge on any atom is -0.398 e. The highest BCUT2D eigenvalue weighted by atomic mass is 31.1. The molecule has 0 fully saturated rings. The zero-order chi connectivity index (χ0) is 40.0. The third kappa shape index (κ3) is 6.47. The molecule has 0 spiro atoms. The van der Waals surface area contributed by atoms with Crippen molar-refractivity contribution in [3.63, 3.8) is 0 Å². The molecular formula is C56H37O3P. The van der Waals surface area contributed by atoms with Crippen LogP contribution in [0.1, 0.15) is 0 Å². The number of fused-ring (bicyclic) bond motifs is 7. The first-order chi connectivity index (χ1) is 29.6. The van der Waals surface area contributed by atoms with Crippen molar-refractivity contribution < 1.29 is 13.3 Å². The summed E-state index contributed by atoms with van der Waals surface area (Å²) in [6.45, 7) is 0. The summed E-state index contributed by atoms with van der Waals surface area (Å²) in [5, 5.41) is 5.93. The predicted molar refractivity (Wildman–Crippen MR) is 252 cm³/mol. The molecule has 0 aliphatic carbocycles. The second kappa shape index (κ2) is 15.1. The van der Waals surface area contributed by atoms with Crippen LogP contribution in [0.15, 0.2) is 227 Å². The molecule has 0 radical (unpaired) electrons. The Morgan fingerprint density at radius 2 is 0.567 bits per heavy atom. The smallest absolute Gasteiger partial charge is 0.384 e. The molecule has 0 saturated carbocycles. The van der Waals surface area contributed by atoms with E-state index in [0.29, 0.717) is 11.2 Å². The highest BCUT2D eigenvalue weighted by Crippen LogP contribution is 2.48. The molecule has 0 atom stereocenters. The van der Waals surface area contributed by atoms with Crippen LogP contribution >= 0.6 is 8.24 Å². The van der Waals surface area contributed by atoms with Crippen LogP contribution in [-0.4, -0.2) is 4.89 Å². The van der Waals surface area contributed by atoms with Crippen LogP contribution in [0, 0.1) is 0 Å². The zero-order valence-electron chi connectivity index (χ0n) is 32.5. The topological polar surface area (TPSA) is 46.5 Å². The summed E-state index contributed by atoms with van der Waals surface area (Å²) in [6.07, 6.45) is 0. The first kappa shape index (κ1) is 35.7. The Balaban J connectivity index is 1.28. The van der Waals surface area contributed by atoms with Gasteiger partial charge in [0.15, 0.2) is 11.2 Å². The molecule has 0 bridgehead atoms. The Hall–Kier alpha value is -7.42. The van der Waals surface area contributed by atoms with E-state index in [1.165, 1.54) is 0 Å². The van der Waals surface area contributed by atoms with Crippen LogP contribution in [0.4, 0.5) is 0 Å². The molecule has 10 aromatic carbocycles. The van der Waals surface area contributed by atoms with E-state index in [-0.39, 0.29) is 0 Å². The van der Waals surface area contributed by atoms with Gasteiger partial charge in [0.2, 0.25) is 0 Å². The molecule has 3 nitrogen and oxygen atoms in total. The van der Waals surface area contributed by atoms with Crippen molar-refractivity contribution in [3.8, 4) is 66.8 Å². The average molecular weight is 789 g/mol. The van der Waals surface area contributed by atoms with E-state index < -0.39 is 8.24 Å². The van der Waals surface area contributed by atoms with Crippen LogP contribution in [0.2, 0.25) is 0 Å². The molecule has 1 aromatic heterocycles. The third-order valence-corrected chi connectivity index (χ3v) is 12.2. The summed E-state index contributed by atoms with van der Waals surface area (Å²) in [4.78, 5) is 12.0. The van der Waals surface area contributed by atoms with Crippen LogP contribution in [0.25, 0.3) is 110 Å². The van der Waals surface area contributed by atoms with E-state index >= 15 is 0 Å². The van der Waals surface area contributed by atoms with E-state index in [2.05, 4.69) is 194 Å². The summed E-state index contributed by atoms with van der Waals surface area (Å²) in [5.74, 6) is 0. The van der Waals surface area contributed by atoms with Gasteiger partial charge in [0.05, 0.1) is 0 Å². The van der Waals surface area contributed by atoms with E-state index in [0.717, 1.165) is 99.1 Å². The quantitative estimate of drug-likeness (QED) is 0.183. The summed E-state index contributed by atoms with van der Waals surface area (Å²) in [5.41, 5.74) is 13.7. The fourth-order valence-electron chi connectivity index (χ4n) is 8.70. The Labute approximate surface area is 348 Å². The van der Waals surface area contributed by atoms with E-state index in [9.17, 15) is 4.89 Å². The van der Waals surface area contributed by atoms with Crippen molar-refractivity contribution in [2.45, 2.75) is 0 Å². The maximum Gasteiger partial charge on any atom is 0.384 e. The molecule has 4 heteroatoms. The molecule has 0 unspecified atom stereocenters. The maximum atomic E-state index is 12.0. The minimum atomic E-state index is -2.42. The highest BCUT2D eigenvalue weighted by Gasteiger charge is 2.21. The molecule has 0 aliphatic rings. The number of hydrogen-bond acceptors (Lipinski definition) is 3. The zero-order valence-corrected chi connectivity index (χ0v) is 33.4. The summed E-state index contributed by atoms with van der Waals surface area (Å²) in [6, 6.07) is 76.7. The molecule has 60 heavy (non-hydrogen) atoms. The van der Waals surface area contributed by atoms with Crippen LogP contribution < -0.4 is 0 Å². The first-order valence-corrected chi connectivity index (χ1v) is 21.3. The van der Waals surface area contributed by atoms with Gasteiger partial charge in [-0.05, 0) is 126 Å². The third-order valence-electron chi connectivity index (χ3n) is 11.5. The summed E-state index contributed by atoms with van der Waals surface area (Å²) < 4.78 is 13.5. The molecule has 11 aromatic rings. The molecule has 284 valence electrons. The molecule has 1 N–H and O–H groups in total. The van der Waals surface area contributed by atoms with Crippen molar-refractivity contribution in [2.24, 2.45) is 0 Å². The van der Waals surface area contributed by atoms with Gasteiger partial charge in [-0.1, -0.05) is 170 Å². The van der Waals surface area contributed by atoms with Gasteiger partial charge in [0.25, 0.3) is 0 Å². The van der Waals surface area contributed by atoms with Crippen LogP contribution in [0.3, 0.4) is 0 Å². The van der Waals surface area contributed by atoms with Crippen LogP contribution in [0.5, 0.6) is 0 Å². The standard InChI is InChI=1S/C56H37O3P/c57-60-58-55-51(47-31-43(37-17-5-1-6-18-37)29-44(32-47)38-19-7-2-8-20-38)35-41-25-13-15-27-49(41)53(55)54-50-28-16-14-26-42(50)36-52(56(54)59-60)48-33-45(39-21-9-3-10-22-39)30-46(34-48)40-23-11-4-12-24-40/h1-36,57H. The lowest BCUT2D eigenvalue weighted by molar-refractivity contribution is 0.496. The maximum absolute atomic E-state index is 12.0. The SMILES string of the molecule is Op1oc2c(-c3cc(-c4ccccc4)cc(-c4ccccc4)c3)cc3ccccc3c2c2c(o1)c(-c1cc(-c3ccccc3)cc(-c3ccccc3)c1)cc1ccccc12. The van der Waals surface area contributed by atoms with Crippen LogP contribution in [-0.2, 0) is 0 Å². The monoisotopic (exact) mass is 788 g/mol. The summed E-state index contributed by atoms with van der Waals surface area (Å²) >= 11 is 0. The van der Waals surface area contributed by atoms with Gasteiger partial charge in [-0.3, -0.25) is 4.89 Å². The van der Waals surface area contributed by atoms with Gasteiger partial charge in [0, 0.05) is 21.9 Å². The molecule has 11 rings (SSSR count). The Kier molecular flexibility index (Phi) is 8.97. The average Bonchev–Trinajstić information content (AvgIpc) is 3.48. The fourth-order valence-corrected chi connectivity index (χ4v) is 9.43. The van der Waals surface area contributed by atoms with Crippen molar-refractivity contribution in [1.29, 1.82) is 0 Å². The Morgan fingerprint density at radius 1 is 0.283 bits per heavy atom. The molecule has 1 heterocycles. The Morgan fingerprint density at radius 3 is 0.900 bits per heavy atom. The minimum absolute atomic E-state index is 0.593.